The molecule has 2 aromatic heterocycles. The van der Waals surface area contributed by atoms with E-state index in [1.54, 1.807) is 37.4 Å². The molecule has 4 aromatic rings. The number of sulfonamides is 1. The number of nitrogens with zero attached hydrogens (tertiary/aromatic N) is 3. The molecule has 11 nitrogen and oxygen atoms in total. The van der Waals surface area contributed by atoms with Gasteiger partial charge in [0.25, 0.3) is 22.4 Å². The van der Waals surface area contributed by atoms with Gasteiger partial charge in [-0.25, -0.2) is 13.4 Å². The lowest BCUT2D eigenvalue weighted by molar-refractivity contribution is -0.129. The predicted octanol–water partition coefficient (Wildman–Crippen LogP) is 6.28. The van der Waals surface area contributed by atoms with Gasteiger partial charge >= 0.3 is 0 Å². The first-order chi connectivity index (χ1) is 20.8. The van der Waals surface area contributed by atoms with Crippen LogP contribution in [0.5, 0.6) is 23.1 Å². The van der Waals surface area contributed by atoms with Gasteiger partial charge in [-0.15, -0.1) is 0 Å². The number of hydrogen-bond donors (Lipinski definition) is 1. The molecule has 2 aromatic carbocycles. The number of hydrogen-bond acceptors (Lipinski definition) is 10. The molecular weight excluding hydrogens is 608 g/mol. The smallest absolute Gasteiger partial charge is 0.293 e. The molecule has 13 heteroatoms. The van der Waals surface area contributed by atoms with E-state index in [-0.39, 0.29) is 64.0 Å². The maximum atomic E-state index is 13.3. The highest BCUT2D eigenvalue weighted by Crippen LogP contribution is 2.41. The second-order valence-electron chi connectivity index (χ2n) is 10.4. The lowest BCUT2D eigenvalue weighted by Crippen LogP contribution is -2.17. The number of halogens is 1. The van der Waals surface area contributed by atoms with E-state index in [4.69, 9.17) is 25.8 Å². The molecule has 0 spiro atoms. The zero-order valence-electron chi connectivity index (χ0n) is 25.3. The fourth-order valence-corrected chi connectivity index (χ4v) is 4.76. The first kappa shape index (κ1) is 34.1. The van der Waals surface area contributed by atoms with E-state index < -0.39 is 10.0 Å². The van der Waals surface area contributed by atoms with Crippen LogP contribution in [0.25, 0.3) is 0 Å². The number of carbonyl (C=O) groups excluding carboxylic acids is 1. The Kier molecular flexibility index (Phi) is 11.9. The molecule has 4 rings (SSSR count). The van der Waals surface area contributed by atoms with Crippen LogP contribution in [0.15, 0.2) is 71.9 Å². The number of aryl methyl sites for hydroxylation is 2. The van der Waals surface area contributed by atoms with Gasteiger partial charge in [-0.05, 0) is 60.7 Å². The predicted molar refractivity (Wildman–Crippen MR) is 167 cm³/mol. The summed E-state index contributed by atoms with van der Waals surface area (Å²) in [6, 6.07) is 15.2. The van der Waals surface area contributed by atoms with Gasteiger partial charge in [0.2, 0.25) is 5.75 Å². The molecule has 0 aliphatic carbocycles. The van der Waals surface area contributed by atoms with Gasteiger partial charge in [0.15, 0.2) is 5.82 Å². The number of nitrogens with one attached hydrogen (secondary N) is 1. The highest BCUT2D eigenvalue weighted by Gasteiger charge is 2.25. The summed E-state index contributed by atoms with van der Waals surface area (Å²) in [5, 5.41) is 0.225. The largest absolute Gasteiger partial charge is 0.497 e. The van der Waals surface area contributed by atoms with Crippen molar-refractivity contribution in [3.8, 4) is 23.1 Å². The van der Waals surface area contributed by atoms with Crippen molar-refractivity contribution in [2.75, 3.05) is 25.0 Å². The van der Waals surface area contributed by atoms with Crippen molar-refractivity contribution in [3.63, 3.8) is 0 Å². The Balaban J connectivity index is 0.000000662. The number of benzene rings is 2. The van der Waals surface area contributed by atoms with Gasteiger partial charge in [-0.2, -0.15) is 4.98 Å². The van der Waals surface area contributed by atoms with Crippen LogP contribution in [0, 0.1) is 13.8 Å². The van der Waals surface area contributed by atoms with Crippen LogP contribution < -0.4 is 18.9 Å². The highest BCUT2D eigenvalue weighted by molar-refractivity contribution is 7.92. The summed E-state index contributed by atoms with van der Waals surface area (Å²) < 4.78 is 50.5. The molecule has 0 aliphatic rings. The molecule has 0 unspecified atom stereocenters. The first-order valence-corrected chi connectivity index (χ1v) is 15.3. The summed E-state index contributed by atoms with van der Waals surface area (Å²) >= 11 is 6.31. The van der Waals surface area contributed by atoms with Crippen LogP contribution in [0.3, 0.4) is 0 Å². The van der Waals surface area contributed by atoms with Crippen molar-refractivity contribution in [1.29, 1.82) is 0 Å². The maximum Gasteiger partial charge on any atom is 0.293 e. The van der Waals surface area contributed by atoms with E-state index in [2.05, 4.69) is 24.4 Å². The maximum absolute atomic E-state index is 13.3. The van der Waals surface area contributed by atoms with Crippen molar-refractivity contribution in [2.24, 2.45) is 0 Å². The number of aromatic nitrogens is 3. The summed E-state index contributed by atoms with van der Waals surface area (Å²) in [7, 11) is -2.60. The Morgan fingerprint density at radius 3 is 2.30 bits per heavy atom. The van der Waals surface area contributed by atoms with Gasteiger partial charge in [0, 0.05) is 18.5 Å². The van der Waals surface area contributed by atoms with Gasteiger partial charge in [-0.1, -0.05) is 50.6 Å². The third-order valence-electron chi connectivity index (χ3n) is 5.88. The monoisotopic (exact) mass is 642 g/mol. The summed E-state index contributed by atoms with van der Waals surface area (Å²) in [6.07, 6.45) is 3.60. The number of pyridine rings is 1. The van der Waals surface area contributed by atoms with Crippen LogP contribution in [0.1, 0.15) is 37.7 Å². The van der Waals surface area contributed by atoms with Crippen molar-refractivity contribution >= 4 is 33.9 Å². The molecule has 0 aliphatic heterocycles. The molecule has 234 valence electrons. The van der Waals surface area contributed by atoms with E-state index in [1.165, 1.54) is 30.9 Å². The summed E-state index contributed by atoms with van der Waals surface area (Å²) in [5.41, 5.74) is 2.05. The summed E-state index contributed by atoms with van der Waals surface area (Å²) in [4.78, 5) is 22.9. The van der Waals surface area contributed by atoms with E-state index in [1.807, 2.05) is 46.0 Å². The van der Waals surface area contributed by atoms with E-state index in [9.17, 15) is 13.2 Å². The molecule has 0 fully saturated rings. The topological polar surface area (TPSA) is 139 Å². The van der Waals surface area contributed by atoms with Crippen molar-refractivity contribution in [2.45, 2.75) is 44.9 Å². The van der Waals surface area contributed by atoms with Gasteiger partial charge in [0.05, 0.1) is 17.0 Å². The second kappa shape index (κ2) is 15.3. The van der Waals surface area contributed by atoms with Crippen LogP contribution in [0.4, 0.5) is 5.82 Å². The van der Waals surface area contributed by atoms with Crippen LogP contribution in [-0.4, -0.2) is 50.2 Å². The lowest BCUT2D eigenvalue weighted by atomic mass is 9.87. The van der Waals surface area contributed by atoms with Gasteiger partial charge in [0.1, 0.15) is 30.5 Å². The molecule has 2 heterocycles. The average Bonchev–Trinajstić information content (AvgIpc) is 2.98. The molecule has 0 bridgehead atoms. The van der Waals surface area contributed by atoms with E-state index >= 15 is 0 Å². The normalized spacial score (nSPS) is 11.1. The van der Waals surface area contributed by atoms with Crippen molar-refractivity contribution in [3.05, 3.63) is 89.0 Å². The Morgan fingerprint density at radius 1 is 1.00 bits per heavy atom. The molecule has 1 N–H and O–H groups in total. The summed E-state index contributed by atoms with van der Waals surface area (Å²) in [6.45, 7) is 9.84. The van der Waals surface area contributed by atoms with Crippen molar-refractivity contribution in [1.82, 2.24) is 15.0 Å². The summed E-state index contributed by atoms with van der Waals surface area (Å²) in [5.74, 6) is 0.421. The Morgan fingerprint density at radius 2 is 1.73 bits per heavy atom. The minimum absolute atomic E-state index is 0.0315. The lowest BCUT2D eigenvalue weighted by Gasteiger charge is -2.20. The fourth-order valence-electron chi connectivity index (χ4n) is 3.60. The average molecular weight is 643 g/mol. The number of methoxy groups -OCH3 is 1. The van der Waals surface area contributed by atoms with Crippen molar-refractivity contribution < 1.29 is 32.2 Å². The van der Waals surface area contributed by atoms with Gasteiger partial charge < -0.3 is 18.9 Å². The standard InChI is InChI=1S/C25H28ClN3O7S.C6H7N/c1-16-27-23(29-37(31,32)19-9-6-17(7-10-19)25(2,3)4)22(24(28-16)35-13-12-34-15-30)36-21-14-18(33-5)8-11-20(21)26;1-6-3-2-4-7-5-6/h6-11,14-15H,12-13H2,1-5H3,(H,27,28,29);2-5H,1H3. The zero-order chi connectivity index (χ0) is 32.3. The van der Waals surface area contributed by atoms with Crippen LogP contribution in [0.2, 0.25) is 5.02 Å². The third-order valence-corrected chi connectivity index (χ3v) is 7.54. The van der Waals surface area contributed by atoms with E-state index in [0.29, 0.717) is 5.75 Å². The number of ether oxygens (including phenoxy) is 4. The SMILES string of the molecule is COc1ccc(Cl)c(Oc2c(NS(=O)(=O)c3ccc(C(C)(C)C)cc3)nc(C)nc2OCCOC=O)c1.Cc1cccnc1. The third kappa shape index (κ3) is 9.81. The number of carbonyl (C=O) groups is 1. The molecule has 0 saturated heterocycles. The minimum Gasteiger partial charge on any atom is -0.497 e. The fraction of sp³-hybridized carbons (Fsp3) is 0.290. The number of anilines is 1. The minimum atomic E-state index is -4.08. The van der Waals surface area contributed by atoms with Crippen LogP contribution >= 0.6 is 11.6 Å². The zero-order valence-corrected chi connectivity index (χ0v) is 26.9. The van der Waals surface area contributed by atoms with Gasteiger partial charge in [-0.3, -0.25) is 14.5 Å². The van der Waals surface area contributed by atoms with Crippen LogP contribution in [-0.2, 0) is 25.0 Å². The Hall–Kier alpha value is -4.42. The molecule has 44 heavy (non-hydrogen) atoms. The van der Waals surface area contributed by atoms with E-state index in [0.717, 1.165) is 5.56 Å². The second-order valence-corrected chi connectivity index (χ2v) is 12.5. The number of rotatable bonds is 11. The first-order valence-electron chi connectivity index (χ1n) is 13.4. The molecule has 0 radical (unpaired) electrons. The molecular formula is C31H35ClN4O7S. The molecule has 0 amide bonds. The Bertz CT molecular complexity index is 1650. The highest BCUT2D eigenvalue weighted by atomic mass is 35.5. The molecule has 0 saturated carbocycles. The Labute approximate surface area is 262 Å². The molecule has 0 atom stereocenters. The quantitative estimate of drug-likeness (QED) is 0.147.